The average molecular weight is 853 g/mol. The number of hydrogen-bond acceptors (Lipinski definition) is 12. The van der Waals surface area contributed by atoms with E-state index in [1.165, 1.54) is 7.11 Å². The Morgan fingerprint density at radius 1 is 1.08 bits per heavy atom. The van der Waals surface area contributed by atoms with Crippen LogP contribution in [-0.4, -0.2) is 104 Å². The van der Waals surface area contributed by atoms with Crippen molar-refractivity contribution in [2.45, 2.75) is 102 Å². The molecule has 2 aromatic carbocycles. The molecule has 2 N–H and O–H groups in total. The summed E-state index contributed by atoms with van der Waals surface area (Å²) in [6.45, 7) is 7.27. The summed E-state index contributed by atoms with van der Waals surface area (Å²) < 4.78 is 37.8. The minimum absolute atomic E-state index is 0.0154. The summed E-state index contributed by atoms with van der Waals surface area (Å²) in [7, 11) is 1.51. The average Bonchev–Trinajstić information content (AvgIpc) is 3.27. The van der Waals surface area contributed by atoms with E-state index in [-0.39, 0.29) is 56.5 Å². The van der Waals surface area contributed by atoms with Crippen LogP contribution >= 0.6 is 11.6 Å². The molecule has 328 valence electrons. The fourth-order valence-electron chi connectivity index (χ4n) is 9.46. The van der Waals surface area contributed by atoms with Crippen molar-refractivity contribution < 1.29 is 53.1 Å². The highest BCUT2D eigenvalue weighted by Gasteiger charge is 2.65. The number of hydrogen-bond donors (Lipinski definition) is 2. The monoisotopic (exact) mass is 852 g/mol. The van der Waals surface area contributed by atoms with Crippen molar-refractivity contribution in [3.05, 3.63) is 71.8 Å². The fraction of sp³-hybridized carbons (Fsp3) is 0.587. The number of aliphatic hydroxyl groups is 2. The first-order chi connectivity index (χ1) is 29.4. The lowest BCUT2D eigenvalue weighted by Crippen LogP contribution is -2.70. The molecule has 14 heteroatoms. The summed E-state index contributed by atoms with van der Waals surface area (Å²) in [6.07, 6.45) is 11.6. The van der Waals surface area contributed by atoms with E-state index in [1.807, 2.05) is 25.1 Å². The number of nitrogens with zero attached hydrogens (tertiary/aromatic N) is 2. The number of ether oxygens (including phenoxy) is 6. The van der Waals surface area contributed by atoms with E-state index in [2.05, 4.69) is 12.7 Å². The molecule has 2 heterocycles. The van der Waals surface area contributed by atoms with Crippen molar-refractivity contribution in [3.63, 3.8) is 0 Å². The van der Waals surface area contributed by atoms with E-state index in [0.29, 0.717) is 73.1 Å². The molecule has 7 atom stereocenters. The van der Waals surface area contributed by atoms with Crippen LogP contribution in [0.4, 0.5) is 4.79 Å². The van der Waals surface area contributed by atoms with Crippen LogP contribution in [0.3, 0.4) is 0 Å². The molecule has 1 saturated heterocycles. The summed E-state index contributed by atoms with van der Waals surface area (Å²) in [5.41, 5.74) is 2.85. The second kappa shape index (κ2) is 22.1. The van der Waals surface area contributed by atoms with Crippen LogP contribution in [0.1, 0.15) is 99.4 Å². The smallest absolute Gasteiger partial charge is 0.410 e. The number of aldehydes is 1. The van der Waals surface area contributed by atoms with Gasteiger partial charge in [0.05, 0.1) is 43.4 Å². The molecule has 0 aromatic heterocycles. The quantitative estimate of drug-likeness (QED) is 0.0385. The first kappa shape index (κ1) is 45.4. The van der Waals surface area contributed by atoms with Crippen LogP contribution in [0.2, 0.25) is 0 Å². The van der Waals surface area contributed by atoms with Gasteiger partial charge in [-0.1, -0.05) is 37.1 Å². The molecule has 1 saturated carbocycles. The van der Waals surface area contributed by atoms with E-state index in [1.54, 1.807) is 29.2 Å². The number of alkyl halides is 1. The summed E-state index contributed by atoms with van der Waals surface area (Å²) in [4.78, 5) is 34.0. The molecule has 2 aliphatic heterocycles. The number of amides is 1. The van der Waals surface area contributed by atoms with Gasteiger partial charge in [0.2, 0.25) is 12.1 Å². The van der Waals surface area contributed by atoms with Gasteiger partial charge in [0.15, 0.2) is 6.29 Å². The number of aliphatic hydroxyl groups excluding tert-OH is 2. The Morgan fingerprint density at radius 3 is 2.57 bits per heavy atom. The molecule has 2 aromatic rings. The lowest BCUT2D eigenvalue weighted by atomic mass is 9.55. The molecule has 1 amide bonds. The zero-order valence-electron chi connectivity index (χ0n) is 34.9. The van der Waals surface area contributed by atoms with Gasteiger partial charge in [-0.2, -0.15) is 0 Å². The van der Waals surface area contributed by atoms with E-state index >= 15 is 0 Å². The number of allylic oxidation sites excluding steroid dienone is 1. The molecule has 0 radical (unpaired) electrons. The Bertz CT molecular complexity index is 1820. The van der Waals surface area contributed by atoms with Crippen LogP contribution in [-0.2, 0) is 19.0 Å². The molecule has 6 rings (SSSR count). The Hall–Kier alpha value is -4.14. The minimum atomic E-state index is -1.43. The largest absolute Gasteiger partial charge is 0.496 e. The van der Waals surface area contributed by atoms with Gasteiger partial charge in [-0.25, -0.2) is 4.79 Å². The molecule has 2 fully saturated rings. The normalized spacial score (nSPS) is 26.1. The van der Waals surface area contributed by atoms with Gasteiger partial charge >= 0.3 is 6.09 Å². The first-order valence-electron chi connectivity index (χ1n) is 21.5. The minimum Gasteiger partial charge on any atom is -0.496 e. The number of fused-ring (bicyclic) bond motifs is 2. The maximum absolute atomic E-state index is 14.1. The standard InChI is InChI=1S/C46H61ClN2O11/c1-4-20-49(45(53)56-25-19-47)41-29-38(48-60-42-14-8-11-24-55-42)36-27-31(12-6-9-21-50)35(13-7-10-22-51)43-37-28-34(58-33-15-17-39(54-3)32(26-33)30-52)16-18-40(37)59-46(41,44(36)43)57-23-5-2/h5,15-18,26-28,30-31,35,41-44,50-51H,2,4,6-14,19-25,29H2,1,3H3. The Morgan fingerprint density at radius 2 is 1.87 bits per heavy atom. The Kier molecular flexibility index (Phi) is 16.7. The Balaban J connectivity index is 1.57. The van der Waals surface area contributed by atoms with Gasteiger partial charge in [0.25, 0.3) is 0 Å². The summed E-state index contributed by atoms with van der Waals surface area (Å²) in [5.74, 6) is 0.0247. The highest BCUT2D eigenvalue weighted by molar-refractivity contribution is 6.18. The summed E-state index contributed by atoms with van der Waals surface area (Å²) in [5, 5.41) is 24.7. The SMILES string of the molecule is C=CCOC12Oc3ccc(Oc4ccc(OC)c(C=O)c4)cc3C3C(CCCCO)C(CCCCO)C=C(C(=NOC4CCCCO4)CC1N(CCC)C(=O)OCCCl)C32. The van der Waals surface area contributed by atoms with Crippen LogP contribution < -0.4 is 14.2 Å². The predicted octanol–water partition coefficient (Wildman–Crippen LogP) is 8.55. The third-order valence-electron chi connectivity index (χ3n) is 12.0. The number of oxime groups is 1. The van der Waals surface area contributed by atoms with Crippen LogP contribution in [0.5, 0.6) is 23.0 Å². The molecule has 0 bridgehead atoms. The number of carbonyl (C=O) groups is 2. The number of rotatable bonds is 22. The van der Waals surface area contributed by atoms with Crippen LogP contribution in [0.15, 0.2) is 65.9 Å². The van der Waals surface area contributed by atoms with Gasteiger partial charge < -0.3 is 43.5 Å². The molecule has 60 heavy (non-hydrogen) atoms. The zero-order valence-corrected chi connectivity index (χ0v) is 35.7. The topological polar surface area (TPSA) is 155 Å². The van der Waals surface area contributed by atoms with Crippen molar-refractivity contribution >= 4 is 29.7 Å². The first-order valence-corrected chi connectivity index (χ1v) is 22.1. The van der Waals surface area contributed by atoms with Crippen LogP contribution in [0.25, 0.3) is 0 Å². The second-order valence-corrected chi connectivity index (χ2v) is 16.2. The number of benzene rings is 2. The van der Waals surface area contributed by atoms with Crippen molar-refractivity contribution in [2.75, 3.05) is 52.6 Å². The van der Waals surface area contributed by atoms with Gasteiger partial charge in [0, 0.05) is 44.1 Å². The number of unbranched alkanes of at least 4 members (excludes halogenated alkanes) is 2. The lowest BCUT2D eigenvalue weighted by Gasteiger charge is -2.60. The summed E-state index contributed by atoms with van der Waals surface area (Å²) in [6, 6.07) is 10.1. The third kappa shape index (κ3) is 10.1. The van der Waals surface area contributed by atoms with Crippen LogP contribution in [0, 0.1) is 17.8 Å². The second-order valence-electron chi connectivity index (χ2n) is 15.8. The fourth-order valence-corrected chi connectivity index (χ4v) is 9.53. The molecule has 4 aliphatic rings. The Labute approximate surface area is 358 Å². The van der Waals surface area contributed by atoms with E-state index < -0.39 is 30.1 Å². The summed E-state index contributed by atoms with van der Waals surface area (Å²) >= 11 is 6.03. The number of carbonyl (C=O) groups excluding carboxylic acids is 2. The van der Waals surface area contributed by atoms with E-state index in [4.69, 9.17) is 50.0 Å². The van der Waals surface area contributed by atoms with E-state index in [0.717, 1.165) is 55.9 Å². The molecular weight excluding hydrogens is 792 g/mol. The van der Waals surface area contributed by atoms with E-state index in [9.17, 15) is 19.8 Å². The molecule has 0 spiro atoms. The third-order valence-corrected chi connectivity index (χ3v) is 12.2. The zero-order chi connectivity index (χ0) is 42.5. The van der Waals surface area contributed by atoms with Crippen molar-refractivity contribution in [3.8, 4) is 23.0 Å². The predicted molar refractivity (Wildman–Crippen MR) is 227 cm³/mol. The lowest BCUT2D eigenvalue weighted by molar-refractivity contribution is -0.255. The van der Waals surface area contributed by atoms with Gasteiger partial charge in [-0.15, -0.1) is 18.2 Å². The molecule has 2 aliphatic carbocycles. The highest BCUT2D eigenvalue weighted by atomic mass is 35.5. The van der Waals surface area contributed by atoms with Crippen molar-refractivity contribution in [2.24, 2.45) is 22.9 Å². The van der Waals surface area contributed by atoms with Gasteiger partial charge in [-0.05, 0) is 98.8 Å². The highest BCUT2D eigenvalue weighted by Crippen LogP contribution is 2.62. The molecule has 7 unspecified atom stereocenters. The van der Waals surface area contributed by atoms with Crippen molar-refractivity contribution in [1.82, 2.24) is 4.90 Å². The van der Waals surface area contributed by atoms with Gasteiger partial charge in [-0.3, -0.25) is 9.69 Å². The molecular formula is C46H61ClN2O11. The maximum Gasteiger partial charge on any atom is 0.410 e. The maximum atomic E-state index is 14.1. The van der Waals surface area contributed by atoms with Crippen molar-refractivity contribution in [1.29, 1.82) is 0 Å². The number of halogens is 1. The molecule has 13 nitrogen and oxygen atoms in total. The van der Waals surface area contributed by atoms with Gasteiger partial charge in [0.1, 0.15) is 35.6 Å². The number of methoxy groups -OCH3 is 1.